The van der Waals surface area contributed by atoms with Crippen molar-refractivity contribution in [1.29, 1.82) is 0 Å². The van der Waals surface area contributed by atoms with E-state index >= 15 is 0 Å². The van der Waals surface area contributed by atoms with Crippen LogP contribution in [0.2, 0.25) is 5.02 Å². The molecule has 0 amide bonds. The van der Waals surface area contributed by atoms with Gasteiger partial charge in [0.25, 0.3) is 0 Å². The second-order valence-corrected chi connectivity index (χ2v) is 3.35. The fourth-order valence-electron chi connectivity index (χ4n) is 1.11. The maximum atomic E-state index is 10.6. The van der Waals surface area contributed by atoms with Crippen LogP contribution in [0.5, 0.6) is 5.75 Å². The number of phenols is 1. The molecule has 0 fully saturated rings. The van der Waals surface area contributed by atoms with Gasteiger partial charge in [-0.25, -0.2) is 0 Å². The fraction of sp³-hybridized carbons (Fsp3) is 0.222. The predicted octanol–water partition coefficient (Wildman–Crippen LogP) is 1.44. The Bertz CT molecular complexity index is 379. The number of rotatable bonds is 2. The summed E-state index contributed by atoms with van der Waals surface area (Å²) in [6.07, 6.45) is 0. The van der Waals surface area contributed by atoms with Gasteiger partial charge >= 0.3 is 5.97 Å². The highest BCUT2D eigenvalue weighted by atomic mass is 35.5. The fourth-order valence-corrected chi connectivity index (χ4v) is 1.38. The van der Waals surface area contributed by atoms with Gasteiger partial charge in [0.1, 0.15) is 11.8 Å². The summed E-state index contributed by atoms with van der Waals surface area (Å²) in [5.74, 6) is -1.39. The van der Waals surface area contributed by atoms with Crippen LogP contribution in [0.4, 0.5) is 0 Å². The minimum absolute atomic E-state index is 0.0548. The first-order valence-electron chi connectivity index (χ1n) is 3.91. The molecule has 4 nitrogen and oxygen atoms in total. The first-order valence-corrected chi connectivity index (χ1v) is 4.29. The molecule has 0 aliphatic carbocycles. The number of carboxylic acids is 1. The molecule has 4 N–H and O–H groups in total. The zero-order valence-corrected chi connectivity index (χ0v) is 8.25. The molecular formula is C9H10ClNO3. The van der Waals surface area contributed by atoms with E-state index in [2.05, 4.69) is 0 Å². The van der Waals surface area contributed by atoms with Gasteiger partial charge in [0.05, 0.1) is 0 Å². The van der Waals surface area contributed by atoms with Crippen molar-refractivity contribution in [3.05, 3.63) is 28.3 Å². The van der Waals surface area contributed by atoms with E-state index in [-0.39, 0.29) is 16.3 Å². The smallest absolute Gasteiger partial charge is 0.325 e. The van der Waals surface area contributed by atoms with Crippen LogP contribution in [0.15, 0.2) is 12.1 Å². The van der Waals surface area contributed by atoms with Crippen LogP contribution in [0.1, 0.15) is 17.2 Å². The zero-order chi connectivity index (χ0) is 10.9. The van der Waals surface area contributed by atoms with Gasteiger partial charge in [-0.15, -0.1) is 0 Å². The van der Waals surface area contributed by atoms with E-state index in [9.17, 15) is 9.90 Å². The third-order valence-corrected chi connectivity index (χ3v) is 2.27. The number of hydrogen-bond acceptors (Lipinski definition) is 3. The van der Waals surface area contributed by atoms with E-state index in [1.165, 1.54) is 6.07 Å². The number of aryl methyl sites for hydroxylation is 1. The summed E-state index contributed by atoms with van der Waals surface area (Å²) in [5, 5.41) is 18.4. The second-order valence-electron chi connectivity index (χ2n) is 2.94. The predicted molar refractivity (Wildman–Crippen MR) is 52.4 cm³/mol. The summed E-state index contributed by atoms with van der Waals surface area (Å²) >= 11 is 5.74. The van der Waals surface area contributed by atoms with E-state index in [1.54, 1.807) is 13.0 Å². The quantitative estimate of drug-likeness (QED) is 0.697. The number of benzene rings is 1. The molecule has 0 radical (unpaired) electrons. The standard InChI is InChI=1S/C9H10ClNO3/c1-4-2-3-5(10)6(8(4)12)7(11)9(13)14/h2-3,7,12H,11H2,1H3,(H,13,14)/t7-/m0/s1. The van der Waals surface area contributed by atoms with Gasteiger partial charge in [-0.3, -0.25) is 4.79 Å². The van der Waals surface area contributed by atoms with Crippen LogP contribution in [-0.4, -0.2) is 16.2 Å². The normalized spacial score (nSPS) is 12.5. The molecule has 1 aromatic rings. The number of aromatic hydroxyl groups is 1. The maximum Gasteiger partial charge on any atom is 0.325 e. The van der Waals surface area contributed by atoms with Crippen molar-refractivity contribution in [2.75, 3.05) is 0 Å². The largest absolute Gasteiger partial charge is 0.507 e. The van der Waals surface area contributed by atoms with Gasteiger partial charge in [-0.05, 0) is 18.6 Å². The van der Waals surface area contributed by atoms with Crippen molar-refractivity contribution in [3.63, 3.8) is 0 Å². The van der Waals surface area contributed by atoms with Crippen molar-refractivity contribution in [1.82, 2.24) is 0 Å². The molecule has 76 valence electrons. The van der Waals surface area contributed by atoms with Crippen LogP contribution in [0.3, 0.4) is 0 Å². The Balaban J connectivity index is 3.32. The number of carboxylic acid groups (broad SMARTS) is 1. The van der Waals surface area contributed by atoms with Gasteiger partial charge in [0, 0.05) is 10.6 Å². The van der Waals surface area contributed by atoms with Crippen LogP contribution >= 0.6 is 11.6 Å². The molecule has 1 atom stereocenters. The summed E-state index contributed by atoms with van der Waals surface area (Å²) in [6, 6.07) is 1.80. The van der Waals surface area contributed by atoms with Crippen LogP contribution in [0, 0.1) is 6.92 Å². The minimum atomic E-state index is -1.30. The Morgan fingerprint density at radius 2 is 2.14 bits per heavy atom. The Morgan fingerprint density at radius 3 is 2.64 bits per heavy atom. The van der Waals surface area contributed by atoms with E-state index in [1.807, 2.05) is 0 Å². The minimum Gasteiger partial charge on any atom is -0.507 e. The van der Waals surface area contributed by atoms with E-state index < -0.39 is 12.0 Å². The molecule has 0 saturated carbocycles. The lowest BCUT2D eigenvalue weighted by atomic mass is 10.0. The zero-order valence-electron chi connectivity index (χ0n) is 7.49. The summed E-state index contributed by atoms with van der Waals surface area (Å²) in [4.78, 5) is 10.6. The number of hydrogen-bond donors (Lipinski definition) is 3. The summed E-state index contributed by atoms with van der Waals surface area (Å²) in [5.41, 5.74) is 5.96. The van der Waals surface area contributed by atoms with E-state index in [4.69, 9.17) is 22.4 Å². The summed E-state index contributed by atoms with van der Waals surface area (Å²) < 4.78 is 0. The number of aliphatic carboxylic acids is 1. The van der Waals surface area contributed by atoms with Gasteiger partial charge < -0.3 is 15.9 Å². The number of phenolic OH excluding ortho intramolecular Hbond substituents is 1. The van der Waals surface area contributed by atoms with Gasteiger partial charge in [0.2, 0.25) is 0 Å². The highest BCUT2D eigenvalue weighted by molar-refractivity contribution is 6.31. The van der Waals surface area contributed by atoms with Crippen molar-refractivity contribution in [2.45, 2.75) is 13.0 Å². The number of halogens is 1. The van der Waals surface area contributed by atoms with Crippen LogP contribution in [-0.2, 0) is 4.79 Å². The molecule has 0 unspecified atom stereocenters. The van der Waals surface area contributed by atoms with Crippen LogP contribution in [0.25, 0.3) is 0 Å². The molecule has 0 bridgehead atoms. The Labute approximate surface area is 85.9 Å². The molecule has 14 heavy (non-hydrogen) atoms. The lowest BCUT2D eigenvalue weighted by Gasteiger charge is -2.12. The Kier molecular flexibility index (Phi) is 2.98. The maximum absolute atomic E-state index is 10.6. The topological polar surface area (TPSA) is 83.6 Å². The summed E-state index contributed by atoms with van der Waals surface area (Å²) in [7, 11) is 0. The molecule has 0 aromatic heterocycles. The highest BCUT2D eigenvalue weighted by Crippen LogP contribution is 2.33. The average Bonchev–Trinajstić information content (AvgIpc) is 2.12. The Morgan fingerprint density at radius 1 is 1.57 bits per heavy atom. The molecule has 0 saturated heterocycles. The van der Waals surface area contributed by atoms with Crippen molar-refractivity contribution in [2.24, 2.45) is 5.73 Å². The first kappa shape index (κ1) is 10.8. The molecule has 0 heterocycles. The number of nitrogens with two attached hydrogens (primary N) is 1. The van der Waals surface area contributed by atoms with E-state index in [0.29, 0.717) is 5.56 Å². The third-order valence-electron chi connectivity index (χ3n) is 1.94. The lowest BCUT2D eigenvalue weighted by molar-refractivity contribution is -0.138. The molecular weight excluding hydrogens is 206 g/mol. The molecule has 5 heteroatoms. The summed E-state index contributed by atoms with van der Waals surface area (Å²) in [6.45, 7) is 1.64. The van der Waals surface area contributed by atoms with Gasteiger partial charge in [-0.2, -0.15) is 0 Å². The molecule has 1 aromatic carbocycles. The van der Waals surface area contributed by atoms with Gasteiger partial charge in [0.15, 0.2) is 0 Å². The second kappa shape index (κ2) is 3.86. The molecule has 0 aliphatic heterocycles. The molecule has 0 aliphatic rings. The highest BCUT2D eigenvalue weighted by Gasteiger charge is 2.22. The van der Waals surface area contributed by atoms with Crippen molar-refractivity contribution in [3.8, 4) is 5.75 Å². The van der Waals surface area contributed by atoms with Crippen molar-refractivity contribution >= 4 is 17.6 Å². The van der Waals surface area contributed by atoms with Crippen LogP contribution < -0.4 is 5.73 Å². The van der Waals surface area contributed by atoms with Crippen molar-refractivity contribution < 1.29 is 15.0 Å². The van der Waals surface area contributed by atoms with Gasteiger partial charge in [-0.1, -0.05) is 17.7 Å². The number of carbonyl (C=O) groups is 1. The lowest BCUT2D eigenvalue weighted by Crippen LogP contribution is -2.21. The molecule has 0 spiro atoms. The third kappa shape index (κ3) is 1.81. The van der Waals surface area contributed by atoms with E-state index in [0.717, 1.165) is 0 Å². The monoisotopic (exact) mass is 215 g/mol. The Hall–Kier alpha value is -1.26. The molecule has 1 rings (SSSR count). The first-order chi connectivity index (χ1) is 6.45. The average molecular weight is 216 g/mol. The SMILES string of the molecule is Cc1ccc(Cl)c([C@H](N)C(=O)O)c1O.